The maximum absolute atomic E-state index is 14.8. The summed E-state index contributed by atoms with van der Waals surface area (Å²) < 4.78 is 71.6. The van der Waals surface area contributed by atoms with Crippen molar-refractivity contribution in [3.05, 3.63) is 53.1 Å². The molecule has 1 aliphatic heterocycles. The van der Waals surface area contributed by atoms with E-state index in [4.69, 9.17) is 14.2 Å². The summed E-state index contributed by atoms with van der Waals surface area (Å²) in [6.45, 7) is 6.16. The maximum Gasteiger partial charge on any atom is 0.419 e. The van der Waals surface area contributed by atoms with Gasteiger partial charge in [-0.1, -0.05) is 12.1 Å². The van der Waals surface area contributed by atoms with Crippen molar-refractivity contribution in [1.82, 2.24) is 14.9 Å². The molecule has 0 saturated carbocycles. The molecule has 2 aromatic carbocycles. The van der Waals surface area contributed by atoms with E-state index in [0.29, 0.717) is 59.8 Å². The van der Waals surface area contributed by atoms with Crippen LogP contribution in [0, 0.1) is 12.7 Å². The first-order valence-electron chi connectivity index (χ1n) is 12.0. The summed E-state index contributed by atoms with van der Waals surface area (Å²) in [5, 5.41) is 3.53. The molecule has 1 N–H and O–H groups in total. The van der Waals surface area contributed by atoms with Gasteiger partial charge in [0.05, 0.1) is 37.4 Å². The number of aromatic nitrogens is 2. The Kier molecular flexibility index (Phi) is 7.91. The average Bonchev–Trinajstić information content (AvgIpc) is 2.86. The van der Waals surface area contributed by atoms with E-state index in [2.05, 4.69) is 15.3 Å². The number of anilines is 1. The molecule has 2 atom stereocenters. The van der Waals surface area contributed by atoms with Crippen molar-refractivity contribution in [2.45, 2.75) is 39.1 Å². The Morgan fingerprint density at radius 1 is 1.26 bits per heavy atom. The highest BCUT2D eigenvalue weighted by atomic mass is 19.4. The lowest BCUT2D eigenvalue weighted by atomic mass is 10.0. The number of aryl methyl sites for hydroxylation is 1. The minimum atomic E-state index is -4.82. The van der Waals surface area contributed by atoms with Gasteiger partial charge in [0, 0.05) is 30.5 Å². The van der Waals surface area contributed by atoms with Gasteiger partial charge in [0.2, 0.25) is 5.91 Å². The smallest absolute Gasteiger partial charge is 0.419 e. The van der Waals surface area contributed by atoms with E-state index in [1.807, 2.05) is 0 Å². The molecule has 0 radical (unpaired) electrons. The molecule has 3 aromatic rings. The van der Waals surface area contributed by atoms with Gasteiger partial charge in [0.25, 0.3) is 0 Å². The summed E-state index contributed by atoms with van der Waals surface area (Å²) in [5.41, 5.74) is -0.989. The molecule has 12 heteroatoms. The molecule has 0 spiro atoms. The molecule has 0 bridgehead atoms. The zero-order valence-electron chi connectivity index (χ0n) is 21.4. The minimum Gasteiger partial charge on any atom is -0.493 e. The lowest BCUT2D eigenvalue weighted by molar-refractivity contribution is -0.140. The average molecular weight is 537 g/mol. The highest BCUT2D eigenvalue weighted by molar-refractivity contribution is 5.92. The number of ether oxygens (including phenoxy) is 3. The van der Waals surface area contributed by atoms with Crippen molar-refractivity contribution in [1.29, 1.82) is 0 Å². The third-order valence-electron chi connectivity index (χ3n) is 6.26. The Morgan fingerprint density at radius 3 is 2.71 bits per heavy atom. The quantitative estimate of drug-likeness (QED) is 0.430. The van der Waals surface area contributed by atoms with Crippen molar-refractivity contribution in [3.8, 4) is 11.5 Å². The second-order valence-electron chi connectivity index (χ2n) is 8.98. The Balaban J connectivity index is 1.63. The van der Waals surface area contributed by atoms with E-state index >= 15 is 0 Å². The van der Waals surface area contributed by atoms with Gasteiger partial charge in [0.15, 0.2) is 11.5 Å². The van der Waals surface area contributed by atoms with Gasteiger partial charge in [-0.05, 0) is 26.0 Å². The second kappa shape index (κ2) is 11.0. The third-order valence-corrected chi connectivity index (χ3v) is 6.26. The predicted octanol–water partition coefficient (Wildman–Crippen LogP) is 4.90. The van der Waals surface area contributed by atoms with E-state index in [0.717, 1.165) is 0 Å². The molecule has 1 saturated heterocycles. The molecule has 1 fully saturated rings. The number of morpholine rings is 1. The molecule has 0 aliphatic carbocycles. The second-order valence-corrected chi connectivity index (χ2v) is 8.98. The van der Waals surface area contributed by atoms with E-state index in [1.54, 1.807) is 30.9 Å². The number of hydrogen-bond acceptors (Lipinski definition) is 7. The molecule has 8 nitrogen and oxygen atoms in total. The molecule has 1 aromatic heterocycles. The highest BCUT2D eigenvalue weighted by Crippen LogP contribution is 2.37. The number of amides is 1. The van der Waals surface area contributed by atoms with Crippen LogP contribution < -0.4 is 14.8 Å². The lowest BCUT2D eigenvalue weighted by Crippen LogP contribution is -2.46. The summed E-state index contributed by atoms with van der Waals surface area (Å²) in [6, 6.07) is 5.62. The fraction of sp³-hybridized carbons (Fsp3) is 0.423. The molecule has 2 heterocycles. The van der Waals surface area contributed by atoms with Crippen molar-refractivity contribution >= 4 is 22.6 Å². The van der Waals surface area contributed by atoms with Crippen molar-refractivity contribution < 1.29 is 36.6 Å². The standard InChI is InChI=1S/C26H28F4N4O4/c1-14(18-6-5-7-20(24(18)27)26(28,29)30)31-25-19-10-23(22(36-4)11-21(19)32-15(2)33-25)38-13-17-12-34(16(3)35)8-9-37-17/h5-7,10-11,14,17H,8-9,12-13H2,1-4H3,(H,31,32,33)/t14-,17+/m1/s1. The molecular formula is C26H28F4N4O4. The number of carbonyl (C=O) groups excluding carboxylic acids is 1. The Morgan fingerprint density at radius 2 is 2.03 bits per heavy atom. The zero-order valence-corrected chi connectivity index (χ0v) is 21.4. The lowest BCUT2D eigenvalue weighted by Gasteiger charge is -2.32. The Bertz CT molecular complexity index is 1330. The van der Waals surface area contributed by atoms with Crippen molar-refractivity contribution in [3.63, 3.8) is 0 Å². The van der Waals surface area contributed by atoms with E-state index < -0.39 is 23.6 Å². The van der Waals surface area contributed by atoms with Crippen LogP contribution >= 0.6 is 0 Å². The molecular weight excluding hydrogens is 508 g/mol. The van der Waals surface area contributed by atoms with E-state index in [9.17, 15) is 22.4 Å². The number of nitrogens with zero attached hydrogens (tertiary/aromatic N) is 3. The topological polar surface area (TPSA) is 85.8 Å². The number of nitrogens with one attached hydrogen (secondary N) is 1. The van der Waals surface area contributed by atoms with Crippen LogP contribution in [0.5, 0.6) is 11.5 Å². The largest absolute Gasteiger partial charge is 0.493 e. The first-order chi connectivity index (χ1) is 18.0. The minimum absolute atomic E-state index is 0.0452. The van der Waals surface area contributed by atoms with Gasteiger partial charge >= 0.3 is 6.18 Å². The van der Waals surface area contributed by atoms with Crippen LogP contribution in [-0.4, -0.2) is 60.3 Å². The summed E-state index contributed by atoms with van der Waals surface area (Å²) in [4.78, 5) is 22.2. The first kappa shape index (κ1) is 27.4. The van der Waals surface area contributed by atoms with Gasteiger partial charge in [-0.15, -0.1) is 0 Å². The summed E-state index contributed by atoms with van der Waals surface area (Å²) in [5.74, 6) is 0.0621. The number of methoxy groups -OCH3 is 1. The van der Waals surface area contributed by atoms with Crippen LogP contribution in [0.25, 0.3) is 10.9 Å². The van der Waals surface area contributed by atoms with Crippen LogP contribution in [0.4, 0.5) is 23.4 Å². The van der Waals surface area contributed by atoms with E-state index in [-0.39, 0.29) is 24.2 Å². The predicted molar refractivity (Wildman–Crippen MR) is 132 cm³/mol. The van der Waals surface area contributed by atoms with E-state index in [1.165, 1.54) is 26.2 Å². The van der Waals surface area contributed by atoms with Crippen LogP contribution in [0.3, 0.4) is 0 Å². The Hall–Kier alpha value is -3.67. The monoisotopic (exact) mass is 536 g/mol. The molecule has 1 amide bonds. The highest BCUT2D eigenvalue weighted by Gasteiger charge is 2.35. The summed E-state index contributed by atoms with van der Waals surface area (Å²) in [6.07, 6.45) is -5.16. The van der Waals surface area contributed by atoms with Crippen LogP contribution in [-0.2, 0) is 15.7 Å². The van der Waals surface area contributed by atoms with Crippen LogP contribution in [0.1, 0.15) is 36.8 Å². The van der Waals surface area contributed by atoms with Crippen LogP contribution in [0.2, 0.25) is 0 Å². The molecule has 38 heavy (non-hydrogen) atoms. The van der Waals surface area contributed by atoms with Crippen LogP contribution in [0.15, 0.2) is 30.3 Å². The number of halogens is 4. The maximum atomic E-state index is 14.8. The fourth-order valence-electron chi connectivity index (χ4n) is 4.31. The molecule has 4 rings (SSSR count). The number of rotatable bonds is 7. The van der Waals surface area contributed by atoms with Gasteiger partial charge in [0.1, 0.15) is 30.2 Å². The molecule has 1 aliphatic rings. The summed E-state index contributed by atoms with van der Waals surface area (Å²) >= 11 is 0. The SMILES string of the molecule is COc1cc2nc(C)nc(N[C@H](C)c3cccc(C(F)(F)F)c3F)c2cc1OC[C@@H]1CN(C(C)=O)CCO1. The Labute approximate surface area is 216 Å². The number of benzene rings is 2. The third kappa shape index (κ3) is 5.90. The number of fused-ring (bicyclic) bond motifs is 1. The number of hydrogen-bond donors (Lipinski definition) is 1. The summed E-state index contributed by atoms with van der Waals surface area (Å²) in [7, 11) is 1.48. The number of carbonyl (C=O) groups is 1. The first-order valence-corrected chi connectivity index (χ1v) is 12.0. The fourth-order valence-corrected chi connectivity index (χ4v) is 4.31. The van der Waals surface area contributed by atoms with Crippen molar-refractivity contribution in [2.75, 3.05) is 38.7 Å². The van der Waals surface area contributed by atoms with Gasteiger partial charge in [-0.3, -0.25) is 4.79 Å². The van der Waals surface area contributed by atoms with Gasteiger partial charge in [-0.2, -0.15) is 13.2 Å². The van der Waals surface area contributed by atoms with Crippen molar-refractivity contribution in [2.24, 2.45) is 0 Å². The van der Waals surface area contributed by atoms with Gasteiger partial charge in [-0.25, -0.2) is 14.4 Å². The number of alkyl halides is 3. The van der Waals surface area contributed by atoms with Gasteiger partial charge < -0.3 is 24.4 Å². The normalized spacial score (nSPS) is 16.8. The molecule has 0 unspecified atom stereocenters. The zero-order chi connectivity index (χ0) is 27.6. The molecule has 204 valence electrons.